The van der Waals surface area contributed by atoms with Crippen LogP contribution in [0.3, 0.4) is 0 Å². The summed E-state index contributed by atoms with van der Waals surface area (Å²) in [5.74, 6) is 0.981. The molecule has 2 fully saturated rings. The zero-order chi connectivity index (χ0) is 13.8. The van der Waals surface area contributed by atoms with Gasteiger partial charge in [-0.15, -0.1) is 0 Å². The van der Waals surface area contributed by atoms with Crippen LogP contribution >= 0.6 is 0 Å². The first-order chi connectivity index (χ1) is 9.85. The van der Waals surface area contributed by atoms with E-state index in [1.165, 1.54) is 24.8 Å². The minimum Gasteiger partial charge on any atom is -0.490 e. The third kappa shape index (κ3) is 3.70. The fourth-order valence-electron chi connectivity index (χ4n) is 2.81. The van der Waals surface area contributed by atoms with Crippen molar-refractivity contribution >= 4 is 0 Å². The van der Waals surface area contributed by atoms with Gasteiger partial charge >= 0.3 is 0 Å². The molecule has 0 radical (unpaired) electrons. The van der Waals surface area contributed by atoms with E-state index >= 15 is 0 Å². The van der Waals surface area contributed by atoms with Crippen LogP contribution in [0.2, 0.25) is 0 Å². The summed E-state index contributed by atoms with van der Waals surface area (Å²) in [5.41, 5.74) is 1.17. The van der Waals surface area contributed by atoms with Crippen molar-refractivity contribution < 1.29 is 9.47 Å². The summed E-state index contributed by atoms with van der Waals surface area (Å²) >= 11 is 0. The highest BCUT2D eigenvalue weighted by molar-refractivity contribution is 5.30. The second-order valence-electron chi connectivity index (χ2n) is 5.90. The lowest BCUT2D eigenvalue weighted by Gasteiger charge is -2.29. The van der Waals surface area contributed by atoms with E-state index in [0.29, 0.717) is 12.1 Å². The molecule has 0 aromatic carbocycles. The van der Waals surface area contributed by atoms with Crippen molar-refractivity contribution in [1.29, 1.82) is 0 Å². The van der Waals surface area contributed by atoms with Crippen LogP contribution in [0.4, 0.5) is 0 Å². The number of rotatable bonds is 6. The van der Waals surface area contributed by atoms with Gasteiger partial charge in [-0.3, -0.25) is 4.98 Å². The van der Waals surface area contributed by atoms with Crippen molar-refractivity contribution in [3.63, 3.8) is 0 Å². The van der Waals surface area contributed by atoms with Gasteiger partial charge in [-0.1, -0.05) is 0 Å². The van der Waals surface area contributed by atoms with E-state index in [-0.39, 0.29) is 6.10 Å². The van der Waals surface area contributed by atoms with Gasteiger partial charge in [0.05, 0.1) is 6.10 Å². The lowest BCUT2D eigenvalue weighted by molar-refractivity contribution is 0.0206. The standard InChI is InChI=1S/C16H24N2O2/c1-19-14-3-2-4-15(9-14)20-16-7-8-17-10-12(16)11-18-13-5-6-13/h7-8,10,13-15,18H,2-6,9,11H2,1H3. The first kappa shape index (κ1) is 13.8. The maximum Gasteiger partial charge on any atom is 0.127 e. The van der Waals surface area contributed by atoms with Crippen LogP contribution in [0.15, 0.2) is 18.5 Å². The Morgan fingerprint density at radius 3 is 2.90 bits per heavy atom. The van der Waals surface area contributed by atoms with Gasteiger partial charge in [0.1, 0.15) is 11.9 Å². The van der Waals surface area contributed by atoms with Gasteiger partial charge in [-0.25, -0.2) is 0 Å². The summed E-state index contributed by atoms with van der Waals surface area (Å²) in [6, 6.07) is 2.69. The Balaban J connectivity index is 1.60. The number of nitrogens with one attached hydrogen (secondary N) is 1. The van der Waals surface area contributed by atoms with Gasteiger partial charge in [0, 0.05) is 44.1 Å². The molecule has 1 N–H and O–H groups in total. The van der Waals surface area contributed by atoms with Crippen LogP contribution < -0.4 is 10.1 Å². The predicted molar refractivity (Wildman–Crippen MR) is 77.8 cm³/mol. The highest BCUT2D eigenvalue weighted by Crippen LogP contribution is 2.27. The number of hydrogen-bond donors (Lipinski definition) is 1. The first-order valence-electron chi connectivity index (χ1n) is 7.71. The monoisotopic (exact) mass is 276 g/mol. The van der Waals surface area contributed by atoms with Crippen molar-refractivity contribution in [3.05, 3.63) is 24.0 Å². The molecule has 110 valence electrons. The average Bonchev–Trinajstić information content (AvgIpc) is 3.31. The minimum absolute atomic E-state index is 0.274. The Bertz CT molecular complexity index is 434. The van der Waals surface area contributed by atoms with E-state index in [4.69, 9.17) is 9.47 Å². The number of pyridine rings is 1. The van der Waals surface area contributed by atoms with Crippen molar-refractivity contribution in [1.82, 2.24) is 10.3 Å². The van der Waals surface area contributed by atoms with Crippen LogP contribution in [-0.2, 0) is 11.3 Å². The Morgan fingerprint density at radius 1 is 1.25 bits per heavy atom. The van der Waals surface area contributed by atoms with Gasteiger partial charge in [0.2, 0.25) is 0 Å². The van der Waals surface area contributed by atoms with Gasteiger partial charge in [0.15, 0.2) is 0 Å². The fourth-order valence-corrected chi connectivity index (χ4v) is 2.81. The topological polar surface area (TPSA) is 43.4 Å². The molecule has 3 rings (SSSR count). The summed E-state index contributed by atoms with van der Waals surface area (Å²) in [6.07, 6.45) is 11.4. The molecule has 0 aliphatic heterocycles. The Morgan fingerprint density at radius 2 is 2.10 bits per heavy atom. The molecular formula is C16H24N2O2. The first-order valence-corrected chi connectivity index (χ1v) is 7.71. The summed E-state index contributed by atoms with van der Waals surface area (Å²) in [5, 5.41) is 3.53. The number of aromatic nitrogens is 1. The molecule has 2 unspecified atom stereocenters. The van der Waals surface area contributed by atoms with E-state index in [1.807, 2.05) is 18.5 Å². The number of ether oxygens (including phenoxy) is 2. The van der Waals surface area contributed by atoms with Crippen LogP contribution in [-0.4, -0.2) is 30.3 Å². The van der Waals surface area contributed by atoms with Crippen molar-refractivity contribution in [2.75, 3.05) is 7.11 Å². The average molecular weight is 276 g/mol. The van der Waals surface area contributed by atoms with Gasteiger partial charge in [-0.05, 0) is 38.2 Å². The smallest absolute Gasteiger partial charge is 0.127 e. The molecule has 1 aromatic rings. The minimum atomic E-state index is 0.274. The zero-order valence-corrected chi connectivity index (χ0v) is 12.2. The largest absolute Gasteiger partial charge is 0.490 e. The molecule has 0 amide bonds. The predicted octanol–water partition coefficient (Wildman–Crippen LogP) is 2.67. The molecule has 0 saturated heterocycles. The lowest BCUT2D eigenvalue weighted by Crippen LogP contribution is -2.30. The third-order valence-corrected chi connectivity index (χ3v) is 4.22. The normalized spacial score (nSPS) is 26.4. The zero-order valence-electron chi connectivity index (χ0n) is 12.2. The number of hydrogen-bond acceptors (Lipinski definition) is 4. The van der Waals surface area contributed by atoms with E-state index in [2.05, 4.69) is 10.3 Å². The van der Waals surface area contributed by atoms with Crippen LogP contribution in [0, 0.1) is 0 Å². The fraction of sp³-hybridized carbons (Fsp3) is 0.688. The Hall–Kier alpha value is -1.13. The van der Waals surface area contributed by atoms with Gasteiger partial charge in [0.25, 0.3) is 0 Å². The van der Waals surface area contributed by atoms with E-state index in [9.17, 15) is 0 Å². The molecule has 4 heteroatoms. The molecule has 2 aliphatic carbocycles. The highest BCUT2D eigenvalue weighted by atomic mass is 16.5. The summed E-state index contributed by atoms with van der Waals surface area (Å²) in [6.45, 7) is 0.855. The van der Waals surface area contributed by atoms with Crippen molar-refractivity contribution in [2.45, 2.75) is 63.3 Å². The Labute approximate surface area is 120 Å². The van der Waals surface area contributed by atoms with Gasteiger partial charge in [-0.2, -0.15) is 0 Å². The summed E-state index contributed by atoms with van der Waals surface area (Å²) in [7, 11) is 1.80. The highest BCUT2D eigenvalue weighted by Gasteiger charge is 2.24. The molecule has 4 nitrogen and oxygen atoms in total. The SMILES string of the molecule is COC1CCCC(Oc2ccncc2CNC2CC2)C1. The second-order valence-corrected chi connectivity index (χ2v) is 5.90. The number of nitrogens with zero attached hydrogens (tertiary/aromatic N) is 1. The van der Waals surface area contributed by atoms with E-state index < -0.39 is 0 Å². The van der Waals surface area contributed by atoms with Crippen LogP contribution in [0.5, 0.6) is 5.75 Å². The van der Waals surface area contributed by atoms with Crippen molar-refractivity contribution in [2.24, 2.45) is 0 Å². The summed E-state index contributed by atoms with van der Waals surface area (Å²) in [4.78, 5) is 4.22. The van der Waals surface area contributed by atoms with Crippen LogP contribution in [0.1, 0.15) is 44.1 Å². The quantitative estimate of drug-likeness (QED) is 0.867. The molecule has 1 heterocycles. The maximum atomic E-state index is 6.21. The molecule has 2 aliphatic rings. The third-order valence-electron chi connectivity index (χ3n) is 4.22. The van der Waals surface area contributed by atoms with E-state index in [0.717, 1.165) is 31.6 Å². The molecule has 0 bridgehead atoms. The van der Waals surface area contributed by atoms with Gasteiger partial charge < -0.3 is 14.8 Å². The molecular weight excluding hydrogens is 252 g/mol. The van der Waals surface area contributed by atoms with E-state index in [1.54, 1.807) is 7.11 Å². The van der Waals surface area contributed by atoms with Crippen molar-refractivity contribution in [3.8, 4) is 5.75 Å². The molecule has 20 heavy (non-hydrogen) atoms. The molecule has 1 aromatic heterocycles. The molecule has 2 saturated carbocycles. The molecule has 2 atom stereocenters. The molecule has 0 spiro atoms. The Kier molecular flexibility index (Phi) is 4.53. The maximum absolute atomic E-state index is 6.21. The summed E-state index contributed by atoms with van der Waals surface area (Å²) < 4.78 is 11.7. The lowest BCUT2D eigenvalue weighted by atomic mass is 9.95. The number of methoxy groups -OCH3 is 1. The second kappa shape index (κ2) is 6.55. The van der Waals surface area contributed by atoms with Crippen LogP contribution in [0.25, 0.3) is 0 Å².